The molecule has 0 saturated carbocycles. The summed E-state index contributed by atoms with van der Waals surface area (Å²) in [5, 5.41) is 7.93. The first-order chi connectivity index (χ1) is 8.89. The predicted molar refractivity (Wildman–Crippen MR) is 77.2 cm³/mol. The number of rotatable bonds is 4. The van der Waals surface area contributed by atoms with Crippen LogP contribution in [0.15, 0.2) is 12.4 Å². The fourth-order valence-electron chi connectivity index (χ4n) is 2.70. The lowest BCUT2D eigenvalue weighted by molar-refractivity contribution is -0.00993. The van der Waals surface area contributed by atoms with Gasteiger partial charge in [-0.15, -0.1) is 0 Å². The summed E-state index contributed by atoms with van der Waals surface area (Å²) < 4.78 is 7.64. The number of nitrogens with one attached hydrogen (secondary N) is 1. The zero-order valence-corrected chi connectivity index (χ0v) is 12.7. The first kappa shape index (κ1) is 14.5. The Kier molecular flexibility index (Phi) is 4.31. The molecule has 0 spiro atoms. The number of aryl methyl sites for hydroxylation is 1. The fourth-order valence-corrected chi connectivity index (χ4v) is 2.70. The van der Waals surface area contributed by atoms with Gasteiger partial charge in [0.1, 0.15) is 0 Å². The predicted octanol–water partition coefficient (Wildman–Crippen LogP) is 2.15. The van der Waals surface area contributed by atoms with Crippen molar-refractivity contribution in [3.05, 3.63) is 18.0 Å². The van der Waals surface area contributed by atoms with Crippen molar-refractivity contribution in [3.63, 3.8) is 0 Å². The molecule has 108 valence electrons. The maximum Gasteiger partial charge on any atom is 0.0537 e. The van der Waals surface area contributed by atoms with E-state index in [1.165, 1.54) is 12.0 Å². The van der Waals surface area contributed by atoms with Crippen LogP contribution in [0, 0.1) is 5.41 Å². The molecule has 0 bridgehead atoms. The first-order valence-electron chi connectivity index (χ1n) is 7.19. The molecule has 0 amide bonds. The van der Waals surface area contributed by atoms with E-state index in [2.05, 4.69) is 37.4 Å². The second-order valence-electron chi connectivity index (χ2n) is 6.96. The summed E-state index contributed by atoms with van der Waals surface area (Å²) in [7, 11) is 1.97. The zero-order valence-electron chi connectivity index (χ0n) is 12.7. The average molecular weight is 265 g/mol. The molecule has 4 heteroatoms. The minimum Gasteiger partial charge on any atom is -0.381 e. The van der Waals surface area contributed by atoms with Crippen LogP contribution in [-0.4, -0.2) is 35.1 Å². The minimum absolute atomic E-state index is 0.152. The van der Waals surface area contributed by atoms with Crippen LogP contribution in [0.5, 0.6) is 0 Å². The van der Waals surface area contributed by atoms with Crippen LogP contribution in [0.3, 0.4) is 0 Å². The van der Waals surface area contributed by atoms with Gasteiger partial charge >= 0.3 is 0 Å². The van der Waals surface area contributed by atoms with E-state index in [0.29, 0.717) is 0 Å². The Labute approximate surface area is 116 Å². The standard InChI is InChI=1S/C15H27N3O/c1-14(2,3)16-11-15(6-5-7-19-12-15)8-13-9-17-18(4)10-13/h9-10,16H,5-8,11-12H2,1-4H3. The second kappa shape index (κ2) is 5.63. The Bertz CT molecular complexity index is 400. The molecule has 1 aliphatic rings. The van der Waals surface area contributed by atoms with Crippen molar-refractivity contribution >= 4 is 0 Å². The summed E-state index contributed by atoms with van der Waals surface area (Å²) >= 11 is 0. The Morgan fingerprint density at radius 3 is 2.79 bits per heavy atom. The summed E-state index contributed by atoms with van der Waals surface area (Å²) in [5.41, 5.74) is 1.68. The Hall–Kier alpha value is -0.870. The van der Waals surface area contributed by atoms with Crippen LogP contribution in [0.2, 0.25) is 0 Å². The van der Waals surface area contributed by atoms with Crippen molar-refractivity contribution in [2.75, 3.05) is 19.8 Å². The molecule has 1 aromatic rings. The minimum atomic E-state index is 0.152. The third kappa shape index (κ3) is 4.32. The van der Waals surface area contributed by atoms with Crippen molar-refractivity contribution in [2.24, 2.45) is 12.5 Å². The molecule has 2 heterocycles. The first-order valence-corrected chi connectivity index (χ1v) is 7.19. The molecule has 2 rings (SSSR count). The van der Waals surface area contributed by atoms with E-state index in [-0.39, 0.29) is 11.0 Å². The van der Waals surface area contributed by atoms with E-state index < -0.39 is 0 Å². The topological polar surface area (TPSA) is 39.1 Å². The van der Waals surface area contributed by atoms with Gasteiger partial charge in [-0.25, -0.2) is 0 Å². The molecule has 0 aromatic carbocycles. The van der Waals surface area contributed by atoms with E-state index in [1.807, 2.05) is 17.9 Å². The number of ether oxygens (including phenoxy) is 1. The van der Waals surface area contributed by atoms with Crippen molar-refractivity contribution < 1.29 is 4.74 Å². The normalized spacial score (nSPS) is 24.6. The van der Waals surface area contributed by atoms with Gasteiger partial charge in [-0.2, -0.15) is 5.10 Å². The van der Waals surface area contributed by atoms with Gasteiger partial charge in [-0.1, -0.05) is 0 Å². The number of hydrogen-bond acceptors (Lipinski definition) is 3. The van der Waals surface area contributed by atoms with E-state index in [0.717, 1.165) is 32.6 Å². The summed E-state index contributed by atoms with van der Waals surface area (Å²) in [6, 6.07) is 0. The van der Waals surface area contributed by atoms with Crippen molar-refractivity contribution in [3.8, 4) is 0 Å². The van der Waals surface area contributed by atoms with E-state index >= 15 is 0 Å². The van der Waals surface area contributed by atoms with Gasteiger partial charge < -0.3 is 10.1 Å². The highest BCUT2D eigenvalue weighted by Gasteiger charge is 2.34. The lowest BCUT2D eigenvalue weighted by atomic mass is 9.77. The van der Waals surface area contributed by atoms with Crippen LogP contribution in [0.25, 0.3) is 0 Å². The molecule has 0 radical (unpaired) electrons. The Morgan fingerprint density at radius 1 is 1.47 bits per heavy atom. The van der Waals surface area contributed by atoms with E-state index in [1.54, 1.807) is 0 Å². The van der Waals surface area contributed by atoms with Crippen molar-refractivity contribution in [2.45, 2.75) is 45.6 Å². The van der Waals surface area contributed by atoms with Gasteiger partial charge in [0.15, 0.2) is 0 Å². The second-order valence-corrected chi connectivity index (χ2v) is 6.96. The third-order valence-electron chi connectivity index (χ3n) is 3.74. The lowest BCUT2D eigenvalue weighted by Gasteiger charge is -2.39. The van der Waals surface area contributed by atoms with Crippen molar-refractivity contribution in [1.82, 2.24) is 15.1 Å². The molecule has 19 heavy (non-hydrogen) atoms. The summed E-state index contributed by atoms with van der Waals surface area (Å²) in [5.74, 6) is 0. The Balaban J connectivity index is 2.05. The van der Waals surface area contributed by atoms with Gasteiger partial charge in [-0.3, -0.25) is 4.68 Å². The fraction of sp³-hybridized carbons (Fsp3) is 0.800. The number of nitrogens with zero attached hydrogens (tertiary/aromatic N) is 2. The quantitative estimate of drug-likeness (QED) is 0.906. The van der Waals surface area contributed by atoms with Crippen LogP contribution in [0.4, 0.5) is 0 Å². The third-order valence-corrected chi connectivity index (χ3v) is 3.74. The number of aromatic nitrogens is 2. The highest BCUT2D eigenvalue weighted by atomic mass is 16.5. The van der Waals surface area contributed by atoms with Gasteiger partial charge in [0.2, 0.25) is 0 Å². The smallest absolute Gasteiger partial charge is 0.0537 e. The molecule has 1 aliphatic heterocycles. The molecule has 1 fully saturated rings. The van der Waals surface area contributed by atoms with Crippen LogP contribution < -0.4 is 5.32 Å². The molecular formula is C15H27N3O. The highest BCUT2D eigenvalue weighted by Crippen LogP contribution is 2.32. The summed E-state index contributed by atoms with van der Waals surface area (Å²) in [6.45, 7) is 9.41. The Morgan fingerprint density at radius 2 is 2.26 bits per heavy atom. The largest absolute Gasteiger partial charge is 0.381 e. The molecular weight excluding hydrogens is 238 g/mol. The van der Waals surface area contributed by atoms with Crippen LogP contribution in [-0.2, 0) is 18.2 Å². The average Bonchev–Trinajstić information content (AvgIpc) is 2.73. The lowest BCUT2D eigenvalue weighted by Crippen LogP contribution is -2.48. The van der Waals surface area contributed by atoms with Gasteiger partial charge in [0, 0.05) is 37.4 Å². The zero-order chi connectivity index (χ0) is 13.9. The summed E-state index contributed by atoms with van der Waals surface area (Å²) in [4.78, 5) is 0. The molecule has 1 unspecified atom stereocenters. The van der Waals surface area contributed by atoms with Gasteiger partial charge in [0.25, 0.3) is 0 Å². The van der Waals surface area contributed by atoms with Gasteiger partial charge in [0.05, 0.1) is 12.8 Å². The monoisotopic (exact) mass is 265 g/mol. The number of hydrogen-bond donors (Lipinski definition) is 1. The molecule has 1 saturated heterocycles. The van der Waals surface area contributed by atoms with Crippen LogP contribution >= 0.6 is 0 Å². The molecule has 1 atom stereocenters. The van der Waals surface area contributed by atoms with E-state index in [4.69, 9.17) is 4.74 Å². The molecule has 4 nitrogen and oxygen atoms in total. The maximum atomic E-state index is 5.76. The maximum absolute atomic E-state index is 5.76. The summed E-state index contributed by atoms with van der Waals surface area (Å²) in [6.07, 6.45) is 7.53. The van der Waals surface area contributed by atoms with Crippen LogP contribution in [0.1, 0.15) is 39.2 Å². The van der Waals surface area contributed by atoms with E-state index in [9.17, 15) is 0 Å². The highest BCUT2D eigenvalue weighted by molar-refractivity contribution is 5.08. The molecule has 0 aliphatic carbocycles. The molecule has 1 N–H and O–H groups in total. The SMILES string of the molecule is Cn1cc(CC2(CNC(C)(C)C)CCCOC2)cn1. The van der Waals surface area contributed by atoms with Gasteiger partial charge in [-0.05, 0) is 45.6 Å². The van der Waals surface area contributed by atoms with Crippen molar-refractivity contribution in [1.29, 1.82) is 0 Å². The molecule has 1 aromatic heterocycles.